The maximum absolute atomic E-state index is 12.3. The third-order valence-corrected chi connectivity index (χ3v) is 6.37. The van der Waals surface area contributed by atoms with Crippen LogP contribution >= 0.6 is 0 Å². The zero-order valence-electron chi connectivity index (χ0n) is 20.5. The number of carboxylic acids is 1. The SMILES string of the molecule is CCCN(CCC(=O)O)C(=O)CCCCCCNC(=O)OCC1c2ccccc2-c2ccccc21. The number of hydrogen-bond donors (Lipinski definition) is 2. The number of aliphatic carboxylic acids is 1. The van der Waals surface area contributed by atoms with Crippen molar-refractivity contribution in [2.45, 2.75) is 57.8 Å². The van der Waals surface area contributed by atoms with E-state index in [0.29, 0.717) is 26.1 Å². The van der Waals surface area contributed by atoms with E-state index in [2.05, 4.69) is 29.6 Å². The summed E-state index contributed by atoms with van der Waals surface area (Å²) in [6.45, 7) is 3.68. The number of amides is 2. The molecule has 7 nitrogen and oxygen atoms in total. The highest BCUT2D eigenvalue weighted by atomic mass is 16.5. The van der Waals surface area contributed by atoms with Gasteiger partial charge in [-0.1, -0.05) is 68.3 Å². The number of nitrogens with zero attached hydrogens (tertiary/aromatic N) is 1. The van der Waals surface area contributed by atoms with Crippen LogP contribution in [-0.4, -0.2) is 54.2 Å². The number of carbonyl (C=O) groups is 3. The van der Waals surface area contributed by atoms with E-state index in [1.54, 1.807) is 4.90 Å². The maximum atomic E-state index is 12.3. The molecule has 0 fully saturated rings. The lowest BCUT2D eigenvalue weighted by atomic mass is 9.98. The molecular weight excluding hydrogens is 444 g/mol. The van der Waals surface area contributed by atoms with Crippen LogP contribution < -0.4 is 5.32 Å². The zero-order valence-corrected chi connectivity index (χ0v) is 20.5. The molecule has 0 atom stereocenters. The first-order valence-corrected chi connectivity index (χ1v) is 12.6. The molecule has 3 rings (SSSR count). The van der Waals surface area contributed by atoms with Crippen molar-refractivity contribution in [2.24, 2.45) is 0 Å². The Morgan fingerprint density at radius 1 is 0.886 bits per heavy atom. The lowest BCUT2D eigenvalue weighted by Crippen LogP contribution is -2.33. The van der Waals surface area contributed by atoms with Gasteiger partial charge in [0.2, 0.25) is 5.91 Å². The highest BCUT2D eigenvalue weighted by molar-refractivity contribution is 5.79. The second-order valence-corrected chi connectivity index (χ2v) is 8.94. The van der Waals surface area contributed by atoms with Crippen LogP contribution in [-0.2, 0) is 14.3 Å². The molecule has 2 aromatic carbocycles. The van der Waals surface area contributed by atoms with Crippen molar-refractivity contribution in [2.75, 3.05) is 26.2 Å². The van der Waals surface area contributed by atoms with Gasteiger partial charge in [0.05, 0.1) is 6.42 Å². The Hall–Kier alpha value is -3.35. The number of unbranched alkanes of at least 4 members (excludes halogenated alkanes) is 3. The quantitative estimate of drug-likeness (QED) is 0.363. The lowest BCUT2D eigenvalue weighted by Gasteiger charge is -2.21. The first-order valence-electron chi connectivity index (χ1n) is 12.6. The number of fused-ring (bicyclic) bond motifs is 3. The molecule has 0 aromatic heterocycles. The van der Waals surface area contributed by atoms with Crippen LogP contribution in [0.1, 0.15) is 68.9 Å². The summed E-state index contributed by atoms with van der Waals surface area (Å²) in [6, 6.07) is 16.5. The molecule has 0 heterocycles. The van der Waals surface area contributed by atoms with Crippen LogP contribution in [0, 0.1) is 0 Å². The van der Waals surface area contributed by atoms with Crippen molar-refractivity contribution in [1.82, 2.24) is 10.2 Å². The van der Waals surface area contributed by atoms with Gasteiger partial charge in [0, 0.05) is 32.0 Å². The fourth-order valence-corrected chi connectivity index (χ4v) is 4.61. The van der Waals surface area contributed by atoms with E-state index in [-0.39, 0.29) is 24.8 Å². The summed E-state index contributed by atoms with van der Waals surface area (Å²) in [5.41, 5.74) is 4.79. The largest absolute Gasteiger partial charge is 0.481 e. The van der Waals surface area contributed by atoms with Crippen LogP contribution in [0.25, 0.3) is 11.1 Å². The highest BCUT2D eigenvalue weighted by Gasteiger charge is 2.28. The minimum Gasteiger partial charge on any atom is -0.481 e. The van der Waals surface area contributed by atoms with Gasteiger partial charge in [0.15, 0.2) is 0 Å². The molecule has 0 unspecified atom stereocenters. The van der Waals surface area contributed by atoms with Crippen LogP contribution in [0.5, 0.6) is 0 Å². The van der Waals surface area contributed by atoms with E-state index in [0.717, 1.165) is 32.1 Å². The molecule has 2 amide bonds. The van der Waals surface area contributed by atoms with E-state index in [4.69, 9.17) is 9.84 Å². The Morgan fingerprint density at radius 3 is 2.14 bits per heavy atom. The molecule has 2 N–H and O–H groups in total. The second-order valence-electron chi connectivity index (χ2n) is 8.94. The number of ether oxygens (including phenoxy) is 1. The summed E-state index contributed by atoms with van der Waals surface area (Å²) in [7, 11) is 0. The summed E-state index contributed by atoms with van der Waals surface area (Å²) in [4.78, 5) is 37.0. The van der Waals surface area contributed by atoms with Crippen molar-refractivity contribution >= 4 is 18.0 Å². The molecule has 188 valence electrons. The first-order chi connectivity index (χ1) is 17.0. The average molecular weight is 481 g/mol. The van der Waals surface area contributed by atoms with Crippen LogP contribution in [0.2, 0.25) is 0 Å². The van der Waals surface area contributed by atoms with Crippen molar-refractivity contribution in [3.63, 3.8) is 0 Å². The summed E-state index contributed by atoms with van der Waals surface area (Å²) in [6.07, 6.45) is 4.18. The number of carbonyl (C=O) groups excluding carboxylic acids is 2. The van der Waals surface area contributed by atoms with E-state index in [9.17, 15) is 14.4 Å². The molecule has 0 saturated heterocycles. The molecule has 35 heavy (non-hydrogen) atoms. The zero-order chi connectivity index (χ0) is 25.0. The lowest BCUT2D eigenvalue weighted by molar-refractivity contribution is -0.138. The monoisotopic (exact) mass is 480 g/mol. The van der Waals surface area contributed by atoms with Gasteiger partial charge in [0.1, 0.15) is 6.61 Å². The van der Waals surface area contributed by atoms with E-state index >= 15 is 0 Å². The second kappa shape index (κ2) is 13.5. The maximum Gasteiger partial charge on any atom is 0.407 e. The van der Waals surface area contributed by atoms with Gasteiger partial charge in [-0.25, -0.2) is 4.79 Å². The molecule has 2 aromatic rings. The number of alkyl carbamates (subject to hydrolysis) is 1. The Morgan fingerprint density at radius 2 is 1.51 bits per heavy atom. The Bertz CT molecular complexity index is 961. The van der Waals surface area contributed by atoms with Crippen molar-refractivity contribution in [3.8, 4) is 11.1 Å². The molecule has 7 heteroatoms. The number of carboxylic acid groups (broad SMARTS) is 1. The Kier molecular flexibility index (Phi) is 10.1. The molecule has 0 saturated carbocycles. The third kappa shape index (κ3) is 7.57. The van der Waals surface area contributed by atoms with Crippen LogP contribution in [0.4, 0.5) is 4.79 Å². The molecule has 0 radical (unpaired) electrons. The first kappa shape index (κ1) is 26.3. The number of hydrogen-bond acceptors (Lipinski definition) is 4. The normalized spacial score (nSPS) is 12.0. The molecule has 0 spiro atoms. The smallest absolute Gasteiger partial charge is 0.407 e. The van der Waals surface area contributed by atoms with Crippen LogP contribution in [0.15, 0.2) is 48.5 Å². The van der Waals surface area contributed by atoms with Gasteiger partial charge in [-0.15, -0.1) is 0 Å². The topological polar surface area (TPSA) is 95.9 Å². The molecule has 1 aliphatic carbocycles. The number of benzene rings is 2. The molecular formula is C28H36N2O5. The number of nitrogens with one attached hydrogen (secondary N) is 1. The average Bonchev–Trinajstić information content (AvgIpc) is 3.18. The Balaban J connectivity index is 1.30. The fourth-order valence-electron chi connectivity index (χ4n) is 4.61. The molecule has 0 aliphatic heterocycles. The van der Waals surface area contributed by atoms with Gasteiger partial charge >= 0.3 is 12.1 Å². The van der Waals surface area contributed by atoms with E-state index in [1.165, 1.54) is 22.3 Å². The van der Waals surface area contributed by atoms with Crippen molar-refractivity contribution in [1.29, 1.82) is 0 Å². The predicted octanol–water partition coefficient (Wildman–Crippen LogP) is 5.19. The van der Waals surface area contributed by atoms with Gasteiger partial charge in [-0.2, -0.15) is 0 Å². The summed E-state index contributed by atoms with van der Waals surface area (Å²) < 4.78 is 5.55. The van der Waals surface area contributed by atoms with E-state index in [1.807, 2.05) is 31.2 Å². The fraction of sp³-hybridized carbons (Fsp3) is 0.464. The third-order valence-electron chi connectivity index (χ3n) is 6.37. The minimum absolute atomic E-state index is 0.0184. The summed E-state index contributed by atoms with van der Waals surface area (Å²) >= 11 is 0. The number of rotatable bonds is 14. The minimum atomic E-state index is -0.886. The molecule has 0 bridgehead atoms. The van der Waals surface area contributed by atoms with Gasteiger partial charge < -0.3 is 20.1 Å². The van der Waals surface area contributed by atoms with Crippen LogP contribution in [0.3, 0.4) is 0 Å². The Labute approximate surface area is 207 Å². The predicted molar refractivity (Wildman–Crippen MR) is 135 cm³/mol. The molecule has 1 aliphatic rings. The van der Waals surface area contributed by atoms with E-state index < -0.39 is 12.1 Å². The van der Waals surface area contributed by atoms with Gasteiger partial charge in [-0.3, -0.25) is 9.59 Å². The standard InChI is InChI=1S/C28H36N2O5/c1-2-18-30(19-16-27(32)33)26(31)15-5-3-4-10-17-29-28(34)35-20-25-23-13-8-6-11-21(23)22-12-7-9-14-24(22)25/h6-9,11-14,25H,2-5,10,15-20H2,1H3,(H,29,34)(H,32,33). The highest BCUT2D eigenvalue weighted by Crippen LogP contribution is 2.44. The van der Waals surface area contributed by atoms with Gasteiger partial charge in [-0.05, 0) is 41.5 Å². The summed E-state index contributed by atoms with van der Waals surface area (Å²) in [5, 5.41) is 11.7. The van der Waals surface area contributed by atoms with Crippen molar-refractivity contribution < 1.29 is 24.2 Å². The van der Waals surface area contributed by atoms with Crippen molar-refractivity contribution in [3.05, 3.63) is 59.7 Å². The summed E-state index contributed by atoms with van der Waals surface area (Å²) in [5.74, 6) is -0.818. The van der Waals surface area contributed by atoms with Gasteiger partial charge in [0.25, 0.3) is 0 Å².